The molecule has 0 saturated carbocycles. The van der Waals surface area contributed by atoms with Crippen LogP contribution >= 0.6 is 15.9 Å². The summed E-state index contributed by atoms with van der Waals surface area (Å²) in [5.41, 5.74) is 4.25. The predicted molar refractivity (Wildman–Crippen MR) is 123 cm³/mol. The minimum Gasteiger partial charge on any atom is -0.478 e. The van der Waals surface area contributed by atoms with E-state index < -0.39 is 0 Å². The number of carbonyl (C=O) groups is 1. The van der Waals surface area contributed by atoms with Crippen molar-refractivity contribution >= 4 is 27.8 Å². The molecule has 0 saturated heterocycles. The first kappa shape index (κ1) is 20.4. The quantitative estimate of drug-likeness (QED) is 0.477. The molecule has 2 aromatic carbocycles. The van der Waals surface area contributed by atoms with Gasteiger partial charge in [-0.05, 0) is 48.0 Å². The molecule has 0 fully saturated rings. The summed E-state index contributed by atoms with van der Waals surface area (Å²) >= 11 is 3.53. The molecule has 4 heterocycles. The maximum Gasteiger partial charge on any atom is 0.231 e. The minimum absolute atomic E-state index is 0.153. The standard InChI is InChI=1S/C25H19BrN2O5/c26-18-7-16(24-17(8-18)12-30-14-32-24)9-22-23(29)19-1-2-21-20(25(19)33-22)11-28(13-31-21)10-15-3-5-27-6-4-15/h1-9H,10-14H2/b22-9-. The number of halogens is 1. The fraction of sp³-hybridized carbons (Fsp3) is 0.200. The Kier molecular flexibility index (Phi) is 5.13. The molecule has 3 aromatic rings. The highest BCUT2D eigenvalue weighted by Crippen LogP contribution is 2.43. The third kappa shape index (κ3) is 3.80. The minimum atomic E-state index is -0.153. The molecule has 0 amide bonds. The van der Waals surface area contributed by atoms with E-state index in [1.54, 1.807) is 24.5 Å². The van der Waals surface area contributed by atoms with Crippen LogP contribution in [-0.2, 0) is 24.4 Å². The van der Waals surface area contributed by atoms with Crippen molar-refractivity contribution in [1.82, 2.24) is 9.88 Å². The number of benzene rings is 2. The van der Waals surface area contributed by atoms with E-state index in [1.807, 2.05) is 30.3 Å². The van der Waals surface area contributed by atoms with Crippen molar-refractivity contribution in [3.63, 3.8) is 0 Å². The summed E-state index contributed by atoms with van der Waals surface area (Å²) in [4.78, 5) is 19.4. The average Bonchev–Trinajstić information content (AvgIpc) is 3.15. The maximum atomic E-state index is 13.2. The topological polar surface area (TPSA) is 70.1 Å². The van der Waals surface area contributed by atoms with Crippen molar-refractivity contribution in [2.45, 2.75) is 19.7 Å². The van der Waals surface area contributed by atoms with E-state index in [0.717, 1.165) is 32.5 Å². The number of ketones is 1. The summed E-state index contributed by atoms with van der Waals surface area (Å²) < 4.78 is 24.1. The highest BCUT2D eigenvalue weighted by molar-refractivity contribution is 9.10. The van der Waals surface area contributed by atoms with E-state index in [4.69, 9.17) is 18.9 Å². The molecule has 33 heavy (non-hydrogen) atoms. The van der Waals surface area contributed by atoms with Gasteiger partial charge < -0.3 is 18.9 Å². The fourth-order valence-corrected chi connectivity index (χ4v) is 4.83. The van der Waals surface area contributed by atoms with Crippen LogP contribution in [0.4, 0.5) is 0 Å². The second-order valence-electron chi connectivity index (χ2n) is 8.07. The van der Waals surface area contributed by atoms with Crippen LogP contribution in [0.1, 0.15) is 32.6 Å². The number of pyridine rings is 1. The first-order valence-corrected chi connectivity index (χ1v) is 11.3. The molecule has 0 radical (unpaired) electrons. The molecular weight excluding hydrogens is 488 g/mol. The lowest BCUT2D eigenvalue weighted by atomic mass is 10.0. The Balaban J connectivity index is 1.32. The van der Waals surface area contributed by atoms with Gasteiger partial charge in [0.05, 0.1) is 17.7 Å². The zero-order chi connectivity index (χ0) is 22.4. The normalized spacial score (nSPS) is 18.1. The number of aromatic nitrogens is 1. The van der Waals surface area contributed by atoms with Crippen LogP contribution in [0.15, 0.2) is 59.0 Å². The number of nitrogens with zero attached hydrogens (tertiary/aromatic N) is 2. The average molecular weight is 507 g/mol. The van der Waals surface area contributed by atoms with E-state index in [2.05, 4.69) is 25.8 Å². The van der Waals surface area contributed by atoms with Gasteiger partial charge in [0.2, 0.25) is 5.78 Å². The molecule has 3 aliphatic rings. The summed E-state index contributed by atoms with van der Waals surface area (Å²) in [6, 6.07) is 11.5. The Labute approximate surface area is 198 Å². The van der Waals surface area contributed by atoms with Crippen molar-refractivity contribution in [3.05, 3.63) is 86.8 Å². The molecular formula is C25H19BrN2O5. The molecule has 0 bridgehead atoms. The number of hydrogen-bond donors (Lipinski definition) is 0. The summed E-state index contributed by atoms with van der Waals surface area (Å²) in [6.45, 7) is 2.43. The van der Waals surface area contributed by atoms with Gasteiger partial charge in [0.15, 0.2) is 12.6 Å². The lowest BCUT2D eigenvalue weighted by Gasteiger charge is -2.29. The first-order valence-electron chi connectivity index (χ1n) is 10.5. The third-order valence-electron chi connectivity index (χ3n) is 5.83. The summed E-state index contributed by atoms with van der Waals surface area (Å²) in [5.74, 6) is 2.13. The van der Waals surface area contributed by atoms with Gasteiger partial charge in [-0.3, -0.25) is 14.7 Å². The lowest BCUT2D eigenvalue weighted by molar-refractivity contribution is -0.0165. The van der Waals surface area contributed by atoms with E-state index in [9.17, 15) is 4.79 Å². The number of Topliss-reactive ketones (excluding diaryl/α,β-unsaturated/α-hetero) is 1. The molecule has 0 N–H and O–H groups in total. The number of allylic oxidation sites excluding steroid dienone is 1. The Bertz CT molecular complexity index is 1290. The van der Waals surface area contributed by atoms with Crippen LogP contribution in [-0.4, -0.2) is 29.2 Å². The van der Waals surface area contributed by atoms with Crippen molar-refractivity contribution in [2.75, 3.05) is 13.5 Å². The van der Waals surface area contributed by atoms with Crippen LogP contribution in [0.2, 0.25) is 0 Å². The Morgan fingerprint density at radius 1 is 1.09 bits per heavy atom. The zero-order valence-corrected chi connectivity index (χ0v) is 19.1. The van der Waals surface area contributed by atoms with Gasteiger partial charge >= 0.3 is 0 Å². The lowest BCUT2D eigenvalue weighted by Crippen LogP contribution is -2.31. The largest absolute Gasteiger partial charge is 0.478 e. The first-order chi connectivity index (χ1) is 16.2. The molecule has 0 unspecified atom stereocenters. The van der Waals surface area contributed by atoms with E-state index in [-0.39, 0.29) is 18.3 Å². The van der Waals surface area contributed by atoms with Crippen molar-refractivity contribution in [2.24, 2.45) is 0 Å². The summed E-state index contributed by atoms with van der Waals surface area (Å²) in [7, 11) is 0. The highest BCUT2D eigenvalue weighted by atomic mass is 79.9. The van der Waals surface area contributed by atoms with E-state index in [0.29, 0.717) is 43.5 Å². The van der Waals surface area contributed by atoms with Gasteiger partial charge in [-0.15, -0.1) is 0 Å². The molecule has 7 nitrogen and oxygen atoms in total. The Morgan fingerprint density at radius 3 is 2.85 bits per heavy atom. The monoisotopic (exact) mass is 506 g/mol. The molecule has 3 aliphatic heterocycles. The SMILES string of the molecule is O=C1/C(=C/c2cc(Br)cc3c2OCOC3)Oc2c1ccc1c2CN(Cc2ccncc2)CO1. The molecule has 1 aromatic heterocycles. The molecule has 0 aliphatic carbocycles. The summed E-state index contributed by atoms with van der Waals surface area (Å²) in [6.07, 6.45) is 5.30. The van der Waals surface area contributed by atoms with Crippen LogP contribution in [0.3, 0.4) is 0 Å². The van der Waals surface area contributed by atoms with Crippen LogP contribution < -0.4 is 14.2 Å². The number of rotatable bonds is 3. The molecule has 0 atom stereocenters. The van der Waals surface area contributed by atoms with Crippen LogP contribution in [0, 0.1) is 0 Å². The predicted octanol–water partition coefficient (Wildman–Crippen LogP) is 4.68. The summed E-state index contributed by atoms with van der Waals surface area (Å²) in [5, 5.41) is 0. The number of hydrogen-bond acceptors (Lipinski definition) is 7. The number of ether oxygens (including phenoxy) is 4. The van der Waals surface area contributed by atoms with Crippen molar-refractivity contribution < 1.29 is 23.7 Å². The van der Waals surface area contributed by atoms with Gasteiger partial charge in [0.1, 0.15) is 24.0 Å². The number of carbonyl (C=O) groups excluding carboxylic acids is 1. The Hall–Kier alpha value is -3.20. The third-order valence-corrected chi connectivity index (χ3v) is 6.29. The maximum absolute atomic E-state index is 13.2. The van der Waals surface area contributed by atoms with Gasteiger partial charge in [-0.1, -0.05) is 15.9 Å². The van der Waals surface area contributed by atoms with E-state index >= 15 is 0 Å². The van der Waals surface area contributed by atoms with Crippen LogP contribution in [0.25, 0.3) is 6.08 Å². The van der Waals surface area contributed by atoms with Gasteiger partial charge in [-0.25, -0.2) is 0 Å². The molecule has 6 rings (SSSR count). The number of fused-ring (bicyclic) bond motifs is 4. The van der Waals surface area contributed by atoms with E-state index in [1.165, 1.54) is 0 Å². The van der Waals surface area contributed by atoms with Gasteiger partial charge in [0, 0.05) is 41.1 Å². The fourth-order valence-electron chi connectivity index (χ4n) is 4.31. The van der Waals surface area contributed by atoms with Crippen LogP contribution in [0.5, 0.6) is 17.2 Å². The smallest absolute Gasteiger partial charge is 0.231 e. The molecule has 166 valence electrons. The Morgan fingerprint density at radius 2 is 1.97 bits per heavy atom. The van der Waals surface area contributed by atoms with Crippen molar-refractivity contribution in [3.8, 4) is 17.2 Å². The second kappa shape index (κ2) is 8.30. The van der Waals surface area contributed by atoms with Gasteiger partial charge in [-0.2, -0.15) is 0 Å². The molecule has 8 heteroatoms. The highest BCUT2D eigenvalue weighted by Gasteiger charge is 2.34. The van der Waals surface area contributed by atoms with Crippen molar-refractivity contribution in [1.29, 1.82) is 0 Å². The zero-order valence-electron chi connectivity index (χ0n) is 17.5. The van der Waals surface area contributed by atoms with Gasteiger partial charge in [0.25, 0.3) is 0 Å². The second-order valence-corrected chi connectivity index (χ2v) is 8.98. The molecule has 0 spiro atoms.